The standard InChI is InChI=1S/C26H37ClN4/c27-26-12-15-30(23-25-10-5-2-6-11-25)17-16-28-13-7-14-29(19-21-31(26)20-18-28)22-24-8-3-1-4-9-24/h1-6,8-11,26H,7,12-23H2. The molecule has 2 saturated heterocycles. The van der Waals surface area contributed by atoms with Gasteiger partial charge >= 0.3 is 0 Å². The van der Waals surface area contributed by atoms with E-state index < -0.39 is 0 Å². The molecule has 2 aromatic rings. The largest absolute Gasteiger partial charge is 0.301 e. The van der Waals surface area contributed by atoms with Gasteiger partial charge in [0, 0.05) is 58.9 Å². The van der Waals surface area contributed by atoms with Crippen molar-refractivity contribution in [1.82, 2.24) is 19.6 Å². The van der Waals surface area contributed by atoms with E-state index >= 15 is 0 Å². The fraction of sp³-hybridized carbons (Fsp3) is 0.538. The molecular formula is C26H37ClN4. The average molecular weight is 441 g/mol. The molecule has 0 aromatic heterocycles. The Balaban J connectivity index is 1.40. The van der Waals surface area contributed by atoms with Crippen LogP contribution < -0.4 is 0 Å². The molecule has 3 unspecified atom stereocenters. The second kappa shape index (κ2) is 12.0. The number of halogens is 1. The van der Waals surface area contributed by atoms with Gasteiger partial charge in [-0.3, -0.25) is 14.7 Å². The summed E-state index contributed by atoms with van der Waals surface area (Å²) in [7, 11) is 0. The number of hydrogen-bond donors (Lipinski definition) is 0. The SMILES string of the molecule is ClC1CCN(Cc2ccccc2)CCN2CCCN(Cc3ccccc3)CCN1CC2. The Hall–Kier alpha value is -1.43. The van der Waals surface area contributed by atoms with Crippen molar-refractivity contribution in [1.29, 1.82) is 0 Å². The summed E-state index contributed by atoms with van der Waals surface area (Å²) in [4.78, 5) is 10.4. The van der Waals surface area contributed by atoms with Crippen LogP contribution in [0.3, 0.4) is 0 Å². The van der Waals surface area contributed by atoms with E-state index in [-0.39, 0.29) is 5.50 Å². The summed E-state index contributed by atoms with van der Waals surface area (Å²) < 4.78 is 0. The molecule has 2 aliphatic heterocycles. The van der Waals surface area contributed by atoms with Crippen molar-refractivity contribution in [3.05, 3.63) is 71.8 Å². The third-order valence-corrected chi connectivity index (χ3v) is 7.16. The predicted octanol–water partition coefficient (Wildman–Crippen LogP) is 3.97. The van der Waals surface area contributed by atoms with Gasteiger partial charge in [0.1, 0.15) is 0 Å². The number of benzene rings is 2. The molecule has 4 nitrogen and oxygen atoms in total. The summed E-state index contributed by atoms with van der Waals surface area (Å²) in [6.07, 6.45) is 2.25. The Labute approximate surface area is 193 Å². The molecule has 2 aliphatic rings. The molecule has 0 amide bonds. The van der Waals surface area contributed by atoms with Crippen molar-refractivity contribution in [2.45, 2.75) is 31.4 Å². The van der Waals surface area contributed by atoms with Gasteiger partial charge in [0.05, 0.1) is 5.50 Å². The number of alkyl halides is 1. The lowest BCUT2D eigenvalue weighted by molar-refractivity contribution is 0.107. The molecule has 3 atom stereocenters. The highest BCUT2D eigenvalue weighted by Crippen LogP contribution is 2.16. The van der Waals surface area contributed by atoms with Crippen LogP contribution in [0, 0.1) is 0 Å². The van der Waals surface area contributed by atoms with Crippen molar-refractivity contribution < 1.29 is 0 Å². The Morgan fingerprint density at radius 2 is 1.16 bits per heavy atom. The van der Waals surface area contributed by atoms with Gasteiger partial charge in [0.15, 0.2) is 0 Å². The molecule has 0 spiro atoms. The quantitative estimate of drug-likeness (QED) is 0.526. The molecule has 31 heavy (non-hydrogen) atoms. The van der Waals surface area contributed by atoms with Gasteiger partial charge in [0.2, 0.25) is 0 Å². The minimum absolute atomic E-state index is 0.108. The molecule has 0 aliphatic carbocycles. The van der Waals surface area contributed by atoms with Crippen LogP contribution in [-0.2, 0) is 13.1 Å². The van der Waals surface area contributed by atoms with E-state index in [0.29, 0.717) is 0 Å². The lowest BCUT2D eigenvalue weighted by Gasteiger charge is -2.38. The van der Waals surface area contributed by atoms with Crippen molar-refractivity contribution in [2.75, 3.05) is 58.9 Å². The third kappa shape index (κ3) is 7.30. The maximum atomic E-state index is 6.97. The third-order valence-electron chi connectivity index (χ3n) is 6.67. The Morgan fingerprint density at radius 1 is 0.613 bits per heavy atom. The van der Waals surface area contributed by atoms with Crippen LogP contribution in [0.4, 0.5) is 0 Å². The monoisotopic (exact) mass is 440 g/mol. The van der Waals surface area contributed by atoms with Gasteiger partial charge in [-0.15, -0.1) is 11.6 Å². The zero-order valence-electron chi connectivity index (χ0n) is 18.7. The summed E-state index contributed by atoms with van der Waals surface area (Å²) in [5, 5.41) is 0. The van der Waals surface area contributed by atoms with Gasteiger partial charge in [0.25, 0.3) is 0 Å². The van der Waals surface area contributed by atoms with E-state index in [9.17, 15) is 0 Å². The fourth-order valence-corrected chi connectivity index (χ4v) is 5.06. The van der Waals surface area contributed by atoms with Gasteiger partial charge in [-0.1, -0.05) is 60.7 Å². The van der Waals surface area contributed by atoms with Crippen molar-refractivity contribution in [2.24, 2.45) is 0 Å². The normalized spacial score (nSPS) is 27.1. The summed E-state index contributed by atoms with van der Waals surface area (Å²) in [5.74, 6) is 0. The molecule has 2 bridgehead atoms. The first-order valence-electron chi connectivity index (χ1n) is 11.9. The van der Waals surface area contributed by atoms with E-state index in [4.69, 9.17) is 11.6 Å². The Morgan fingerprint density at radius 3 is 1.84 bits per heavy atom. The number of hydrogen-bond acceptors (Lipinski definition) is 4. The maximum Gasteiger partial charge on any atom is 0.0863 e. The van der Waals surface area contributed by atoms with E-state index in [0.717, 1.165) is 71.9 Å². The number of rotatable bonds is 4. The highest BCUT2D eigenvalue weighted by Gasteiger charge is 2.23. The van der Waals surface area contributed by atoms with E-state index in [1.165, 1.54) is 24.1 Å². The van der Waals surface area contributed by atoms with Crippen molar-refractivity contribution in [3.63, 3.8) is 0 Å². The highest BCUT2D eigenvalue weighted by molar-refractivity contribution is 6.20. The highest BCUT2D eigenvalue weighted by atomic mass is 35.5. The molecule has 0 N–H and O–H groups in total. The van der Waals surface area contributed by atoms with E-state index in [1.807, 2.05) is 0 Å². The molecule has 168 valence electrons. The lowest BCUT2D eigenvalue weighted by Crippen LogP contribution is -2.48. The van der Waals surface area contributed by atoms with Gasteiger partial charge in [-0.25, -0.2) is 0 Å². The second-order valence-electron chi connectivity index (χ2n) is 8.98. The molecule has 5 heteroatoms. The van der Waals surface area contributed by atoms with Crippen LogP contribution in [0.2, 0.25) is 0 Å². The first kappa shape index (κ1) is 22.8. The Bertz CT molecular complexity index is 755. The van der Waals surface area contributed by atoms with Crippen LogP contribution in [0.25, 0.3) is 0 Å². The average Bonchev–Trinajstić information content (AvgIpc) is 2.81. The number of nitrogens with zero attached hydrogens (tertiary/aromatic N) is 4. The van der Waals surface area contributed by atoms with Crippen LogP contribution in [0.5, 0.6) is 0 Å². The van der Waals surface area contributed by atoms with Crippen LogP contribution in [0.1, 0.15) is 24.0 Å². The van der Waals surface area contributed by atoms with Crippen molar-refractivity contribution >= 4 is 11.6 Å². The Kier molecular flexibility index (Phi) is 8.80. The summed E-state index contributed by atoms with van der Waals surface area (Å²) in [6, 6.07) is 21.7. The van der Waals surface area contributed by atoms with Gasteiger partial charge in [-0.05, 0) is 37.1 Å². The molecular weight excluding hydrogens is 404 g/mol. The molecule has 0 saturated carbocycles. The van der Waals surface area contributed by atoms with Crippen LogP contribution in [-0.4, -0.2) is 84.0 Å². The zero-order valence-corrected chi connectivity index (χ0v) is 19.5. The van der Waals surface area contributed by atoms with Crippen LogP contribution in [0.15, 0.2) is 60.7 Å². The summed E-state index contributed by atoms with van der Waals surface area (Å²) in [5.41, 5.74) is 2.91. The molecule has 2 heterocycles. The first-order chi connectivity index (χ1) is 15.3. The van der Waals surface area contributed by atoms with Gasteiger partial charge in [-0.2, -0.15) is 0 Å². The first-order valence-corrected chi connectivity index (χ1v) is 12.3. The predicted molar refractivity (Wildman–Crippen MR) is 130 cm³/mol. The second-order valence-corrected chi connectivity index (χ2v) is 9.48. The summed E-state index contributed by atoms with van der Waals surface area (Å²) in [6.45, 7) is 12.0. The molecule has 4 rings (SSSR count). The smallest absolute Gasteiger partial charge is 0.0863 e. The fourth-order valence-electron chi connectivity index (χ4n) is 4.76. The molecule has 2 aromatic carbocycles. The topological polar surface area (TPSA) is 13.0 Å². The summed E-state index contributed by atoms with van der Waals surface area (Å²) >= 11 is 6.97. The molecule has 2 fully saturated rings. The minimum atomic E-state index is 0.108. The molecule has 0 radical (unpaired) electrons. The van der Waals surface area contributed by atoms with Crippen LogP contribution >= 0.6 is 11.6 Å². The van der Waals surface area contributed by atoms with Gasteiger partial charge < -0.3 is 4.90 Å². The van der Waals surface area contributed by atoms with Crippen molar-refractivity contribution in [3.8, 4) is 0 Å². The van der Waals surface area contributed by atoms with E-state index in [1.54, 1.807) is 0 Å². The minimum Gasteiger partial charge on any atom is -0.301 e. The van der Waals surface area contributed by atoms with E-state index in [2.05, 4.69) is 80.3 Å². The zero-order chi connectivity index (χ0) is 21.3. The lowest BCUT2D eigenvalue weighted by atomic mass is 10.2. The number of fused-ring (bicyclic) bond motifs is 3. The maximum absolute atomic E-state index is 6.97.